The second-order valence-corrected chi connectivity index (χ2v) is 10.9. The Morgan fingerprint density at radius 3 is 2.45 bits per heavy atom. The van der Waals surface area contributed by atoms with E-state index in [1.54, 1.807) is 23.5 Å². The van der Waals surface area contributed by atoms with Gasteiger partial charge in [0.25, 0.3) is 10.0 Å². The summed E-state index contributed by atoms with van der Waals surface area (Å²) in [6, 6.07) is 11.5. The van der Waals surface area contributed by atoms with Crippen molar-refractivity contribution in [3.63, 3.8) is 0 Å². The zero-order valence-corrected chi connectivity index (χ0v) is 18.2. The zero-order valence-electron chi connectivity index (χ0n) is 16.5. The van der Waals surface area contributed by atoms with Crippen LogP contribution in [0.3, 0.4) is 0 Å². The fourth-order valence-corrected chi connectivity index (χ4v) is 6.65. The summed E-state index contributed by atoms with van der Waals surface area (Å²) in [7, 11) is -1.78. The minimum atomic E-state index is -3.42. The topological polar surface area (TPSA) is 66.9 Å². The molecule has 1 saturated heterocycles. The van der Waals surface area contributed by atoms with Gasteiger partial charge in [0.05, 0.1) is 13.5 Å². The second-order valence-electron chi connectivity index (χ2n) is 7.61. The molecule has 0 radical (unpaired) electrons. The highest BCUT2D eigenvalue weighted by Crippen LogP contribution is 2.31. The minimum Gasteiger partial charge on any atom is -0.497 e. The molecule has 4 rings (SSSR count). The number of hydrogen-bond donors (Lipinski definition) is 0. The molecule has 2 aliphatic rings. The highest BCUT2D eigenvalue weighted by molar-refractivity contribution is 7.91. The smallest absolute Gasteiger partial charge is 0.252 e. The Kier molecular flexibility index (Phi) is 5.94. The Balaban J connectivity index is 1.43. The molecule has 6 nitrogen and oxygen atoms in total. The second kappa shape index (κ2) is 8.45. The van der Waals surface area contributed by atoms with Gasteiger partial charge in [0.15, 0.2) is 0 Å². The molecule has 0 bridgehead atoms. The molecule has 8 heteroatoms. The van der Waals surface area contributed by atoms with Crippen LogP contribution >= 0.6 is 11.3 Å². The van der Waals surface area contributed by atoms with Crippen molar-refractivity contribution in [2.45, 2.75) is 48.9 Å². The summed E-state index contributed by atoms with van der Waals surface area (Å²) in [6.45, 7) is 1.75. The highest BCUT2D eigenvalue weighted by atomic mass is 32.2. The van der Waals surface area contributed by atoms with Gasteiger partial charge in [-0.25, -0.2) is 8.42 Å². The fourth-order valence-electron chi connectivity index (χ4n) is 3.63. The molecule has 156 valence electrons. The number of carbonyl (C=O) groups is 1. The van der Waals surface area contributed by atoms with Crippen LogP contribution in [0.1, 0.15) is 36.1 Å². The third-order valence-corrected chi connectivity index (χ3v) is 8.89. The van der Waals surface area contributed by atoms with Crippen LogP contribution in [0, 0.1) is 0 Å². The number of carbonyl (C=O) groups excluding carboxylic acids is 1. The van der Waals surface area contributed by atoms with Gasteiger partial charge in [0.2, 0.25) is 5.91 Å². The van der Waals surface area contributed by atoms with E-state index in [4.69, 9.17) is 4.74 Å². The monoisotopic (exact) mass is 434 g/mol. The number of nitrogens with zero attached hydrogens (tertiary/aromatic N) is 2. The molecule has 0 N–H and O–H groups in total. The minimum absolute atomic E-state index is 0.0512. The van der Waals surface area contributed by atoms with Crippen LogP contribution < -0.4 is 4.74 Å². The Labute approximate surface area is 176 Å². The van der Waals surface area contributed by atoms with Crippen molar-refractivity contribution in [1.29, 1.82) is 0 Å². The van der Waals surface area contributed by atoms with Gasteiger partial charge >= 0.3 is 0 Å². The van der Waals surface area contributed by atoms with Gasteiger partial charge in [0, 0.05) is 30.6 Å². The molecule has 1 aliphatic carbocycles. The third-order valence-electron chi connectivity index (χ3n) is 5.44. The molecule has 2 heterocycles. The summed E-state index contributed by atoms with van der Waals surface area (Å²) >= 11 is 1.22. The number of ether oxygens (including phenoxy) is 1. The van der Waals surface area contributed by atoms with Crippen molar-refractivity contribution in [2.24, 2.45) is 0 Å². The summed E-state index contributed by atoms with van der Waals surface area (Å²) in [6.07, 6.45) is 4.13. The van der Waals surface area contributed by atoms with Crippen LogP contribution in [0.2, 0.25) is 0 Å². The maximum atomic E-state index is 13.0. The average molecular weight is 435 g/mol. The maximum absolute atomic E-state index is 13.0. The van der Waals surface area contributed by atoms with E-state index in [0.717, 1.165) is 41.9 Å². The molecular formula is C21H26N2O4S2. The van der Waals surface area contributed by atoms with Gasteiger partial charge in [0.1, 0.15) is 9.96 Å². The predicted molar refractivity (Wildman–Crippen MR) is 113 cm³/mol. The first kappa shape index (κ1) is 20.4. The summed E-state index contributed by atoms with van der Waals surface area (Å²) < 4.78 is 32.5. The average Bonchev–Trinajstić information content (AvgIpc) is 3.19. The molecular weight excluding hydrogens is 408 g/mol. The van der Waals surface area contributed by atoms with Gasteiger partial charge in [-0.15, -0.1) is 11.3 Å². The van der Waals surface area contributed by atoms with E-state index in [1.165, 1.54) is 11.3 Å². The molecule has 2 fully saturated rings. The molecule has 1 amide bonds. The van der Waals surface area contributed by atoms with Crippen molar-refractivity contribution < 1.29 is 17.9 Å². The lowest BCUT2D eigenvalue weighted by Crippen LogP contribution is -2.33. The van der Waals surface area contributed by atoms with Gasteiger partial charge in [-0.2, -0.15) is 4.31 Å². The lowest BCUT2D eigenvalue weighted by molar-refractivity contribution is -0.131. The predicted octanol–water partition coefficient (Wildman–Crippen LogP) is 3.27. The van der Waals surface area contributed by atoms with Crippen molar-refractivity contribution in [1.82, 2.24) is 9.21 Å². The number of thiophene rings is 1. The van der Waals surface area contributed by atoms with Gasteiger partial charge in [-0.1, -0.05) is 12.1 Å². The lowest BCUT2D eigenvalue weighted by Gasteiger charge is -2.22. The normalized spacial score (nSPS) is 17.4. The number of sulfonamides is 1. The van der Waals surface area contributed by atoms with Crippen molar-refractivity contribution >= 4 is 27.3 Å². The molecule has 1 saturated carbocycles. The number of methoxy groups -OCH3 is 1. The SMILES string of the molecule is COc1ccc(CN(C(=O)Cc2ccc(S(=O)(=O)N3CCCC3)s2)C2CC2)cc1. The standard InChI is InChI=1S/C21H26N2O4S2/c1-27-18-8-4-16(5-9-18)15-23(17-6-7-17)20(24)14-19-10-11-21(28-19)29(25,26)22-12-2-3-13-22/h4-5,8-11,17H,2-3,6-7,12-15H2,1H3. The Hall–Kier alpha value is -1.90. The van der Waals surface area contributed by atoms with E-state index in [0.29, 0.717) is 23.8 Å². The summed E-state index contributed by atoms with van der Waals surface area (Å²) in [5, 5.41) is 0. The highest BCUT2D eigenvalue weighted by Gasteiger charge is 2.33. The van der Waals surface area contributed by atoms with Gasteiger partial charge in [-0.05, 0) is 55.5 Å². The molecule has 2 aromatic rings. The van der Waals surface area contributed by atoms with E-state index < -0.39 is 10.0 Å². The van der Waals surface area contributed by atoms with Crippen LogP contribution in [-0.2, 0) is 27.8 Å². The molecule has 0 atom stereocenters. The first-order chi connectivity index (χ1) is 14.0. The number of benzene rings is 1. The first-order valence-corrected chi connectivity index (χ1v) is 12.2. The Morgan fingerprint density at radius 2 is 1.83 bits per heavy atom. The van der Waals surface area contributed by atoms with Crippen molar-refractivity contribution in [2.75, 3.05) is 20.2 Å². The van der Waals surface area contributed by atoms with Crippen LogP contribution in [0.5, 0.6) is 5.75 Å². The van der Waals surface area contributed by atoms with Crippen LogP contribution in [-0.4, -0.2) is 49.8 Å². The fraction of sp³-hybridized carbons (Fsp3) is 0.476. The molecule has 1 aromatic carbocycles. The summed E-state index contributed by atoms with van der Waals surface area (Å²) in [5.41, 5.74) is 1.06. The largest absolute Gasteiger partial charge is 0.497 e. The van der Waals surface area contributed by atoms with Crippen LogP contribution in [0.4, 0.5) is 0 Å². The Morgan fingerprint density at radius 1 is 1.14 bits per heavy atom. The van der Waals surface area contributed by atoms with E-state index in [1.807, 2.05) is 29.2 Å². The van der Waals surface area contributed by atoms with Crippen molar-refractivity contribution in [3.05, 3.63) is 46.8 Å². The van der Waals surface area contributed by atoms with Gasteiger partial charge in [-0.3, -0.25) is 4.79 Å². The lowest BCUT2D eigenvalue weighted by atomic mass is 10.2. The number of rotatable bonds is 8. The third kappa shape index (κ3) is 4.65. The molecule has 0 unspecified atom stereocenters. The van der Waals surface area contributed by atoms with E-state index in [2.05, 4.69) is 0 Å². The van der Waals surface area contributed by atoms with E-state index in [-0.39, 0.29) is 18.4 Å². The summed E-state index contributed by atoms with van der Waals surface area (Å²) in [5.74, 6) is 0.846. The van der Waals surface area contributed by atoms with Crippen LogP contribution in [0.25, 0.3) is 0 Å². The molecule has 1 aromatic heterocycles. The number of hydrogen-bond acceptors (Lipinski definition) is 5. The van der Waals surface area contributed by atoms with E-state index >= 15 is 0 Å². The molecule has 0 spiro atoms. The number of amides is 1. The molecule has 1 aliphatic heterocycles. The molecule has 29 heavy (non-hydrogen) atoms. The summed E-state index contributed by atoms with van der Waals surface area (Å²) in [4.78, 5) is 15.7. The quantitative estimate of drug-likeness (QED) is 0.640. The van der Waals surface area contributed by atoms with Gasteiger partial charge < -0.3 is 9.64 Å². The Bertz CT molecular complexity index is 959. The van der Waals surface area contributed by atoms with Crippen LogP contribution in [0.15, 0.2) is 40.6 Å². The van der Waals surface area contributed by atoms with E-state index in [9.17, 15) is 13.2 Å². The zero-order chi connectivity index (χ0) is 20.4. The van der Waals surface area contributed by atoms with Crippen molar-refractivity contribution in [3.8, 4) is 5.75 Å². The maximum Gasteiger partial charge on any atom is 0.252 e. The first-order valence-electron chi connectivity index (χ1n) is 9.98.